The van der Waals surface area contributed by atoms with Crippen LogP contribution >= 0.6 is 0 Å². The molecule has 0 spiro atoms. The van der Waals surface area contributed by atoms with Crippen molar-refractivity contribution < 1.29 is 15.1 Å². The minimum atomic E-state index is -0.230. The fourth-order valence-electron chi connectivity index (χ4n) is 1.34. The van der Waals surface area contributed by atoms with Crippen LogP contribution in [0.5, 0.6) is 0 Å². The third kappa shape index (κ3) is 3.18. The molecule has 0 saturated carbocycles. The van der Waals surface area contributed by atoms with Gasteiger partial charge in [-0.05, 0) is 12.1 Å². The van der Waals surface area contributed by atoms with E-state index in [4.69, 9.17) is 16.0 Å². The number of rotatable bonds is 4. The molecule has 0 aliphatic carbocycles. The molecule has 6 heteroatoms. The van der Waals surface area contributed by atoms with E-state index in [1.165, 1.54) is 11.0 Å². The van der Waals surface area contributed by atoms with E-state index in [-0.39, 0.29) is 24.9 Å². The smallest absolute Gasteiger partial charge is 0.253 e. The number of aliphatic hydroxyl groups is 1. The summed E-state index contributed by atoms with van der Waals surface area (Å²) in [6.45, 7) is 0.162. The molecule has 4 N–H and O–H groups in total. The van der Waals surface area contributed by atoms with Crippen molar-refractivity contribution in [3.8, 4) is 0 Å². The van der Waals surface area contributed by atoms with Crippen molar-refractivity contribution in [2.24, 2.45) is 10.9 Å². The normalized spacial score (nSPS) is 11.3. The van der Waals surface area contributed by atoms with Crippen LogP contribution in [0.25, 0.3) is 0 Å². The Morgan fingerprint density at radius 3 is 2.71 bits per heavy atom. The maximum absolute atomic E-state index is 11.9. The topological polar surface area (TPSA) is 99.2 Å². The van der Waals surface area contributed by atoms with Gasteiger partial charge in [0.1, 0.15) is 0 Å². The minimum absolute atomic E-state index is 0.0514. The van der Waals surface area contributed by atoms with Gasteiger partial charge in [0.25, 0.3) is 5.91 Å². The summed E-state index contributed by atoms with van der Waals surface area (Å²) < 4.78 is 0. The number of hydrogen-bond acceptors (Lipinski definition) is 4. The molecular weight excluding hydrogens is 222 g/mol. The molecule has 17 heavy (non-hydrogen) atoms. The van der Waals surface area contributed by atoms with Crippen LogP contribution in [0, 0.1) is 0 Å². The summed E-state index contributed by atoms with van der Waals surface area (Å²) in [6, 6.07) is 6.45. The summed E-state index contributed by atoms with van der Waals surface area (Å²) in [5.41, 5.74) is 6.32. The Balaban J connectivity index is 2.96. The summed E-state index contributed by atoms with van der Waals surface area (Å²) in [5.74, 6) is -0.281. The van der Waals surface area contributed by atoms with Crippen molar-refractivity contribution in [2.45, 2.75) is 0 Å². The average molecular weight is 237 g/mol. The quantitative estimate of drug-likeness (QED) is 0.293. The van der Waals surface area contributed by atoms with E-state index in [9.17, 15) is 4.79 Å². The van der Waals surface area contributed by atoms with Gasteiger partial charge in [-0.3, -0.25) is 4.79 Å². The highest BCUT2D eigenvalue weighted by atomic mass is 16.4. The number of nitrogens with zero attached hydrogens (tertiary/aromatic N) is 2. The second-order valence-electron chi connectivity index (χ2n) is 3.52. The predicted molar refractivity (Wildman–Crippen MR) is 63.0 cm³/mol. The highest BCUT2D eigenvalue weighted by molar-refractivity contribution is 6.01. The summed E-state index contributed by atoms with van der Waals surface area (Å²) in [4.78, 5) is 13.3. The van der Waals surface area contributed by atoms with Crippen LogP contribution in [0.15, 0.2) is 29.4 Å². The van der Waals surface area contributed by atoms with E-state index in [0.717, 1.165) is 0 Å². The van der Waals surface area contributed by atoms with Crippen molar-refractivity contribution in [1.29, 1.82) is 0 Å². The number of carbonyl (C=O) groups excluding carboxylic acids is 1. The molecule has 1 aromatic rings. The van der Waals surface area contributed by atoms with Crippen molar-refractivity contribution in [2.75, 3.05) is 20.2 Å². The van der Waals surface area contributed by atoms with Gasteiger partial charge in [0.2, 0.25) is 0 Å². The van der Waals surface area contributed by atoms with Gasteiger partial charge >= 0.3 is 0 Å². The SMILES string of the molecule is CN(CCO)C(=O)c1cccc(/C(N)=N/O)c1. The number of oxime groups is 1. The lowest BCUT2D eigenvalue weighted by molar-refractivity contribution is 0.0767. The van der Waals surface area contributed by atoms with Crippen LogP contribution in [0.2, 0.25) is 0 Å². The molecule has 0 heterocycles. The molecule has 0 atom stereocenters. The fourth-order valence-corrected chi connectivity index (χ4v) is 1.34. The molecule has 0 saturated heterocycles. The zero-order chi connectivity index (χ0) is 12.8. The molecule has 0 radical (unpaired) electrons. The lowest BCUT2D eigenvalue weighted by Gasteiger charge is -2.15. The van der Waals surface area contributed by atoms with Gasteiger partial charge in [-0.15, -0.1) is 0 Å². The fraction of sp³-hybridized carbons (Fsp3) is 0.273. The van der Waals surface area contributed by atoms with Gasteiger partial charge in [-0.1, -0.05) is 17.3 Å². The maximum atomic E-state index is 11.9. The molecule has 0 aliphatic rings. The highest BCUT2D eigenvalue weighted by Crippen LogP contribution is 2.07. The highest BCUT2D eigenvalue weighted by Gasteiger charge is 2.12. The summed E-state index contributed by atoms with van der Waals surface area (Å²) in [7, 11) is 1.59. The number of amides is 1. The second-order valence-corrected chi connectivity index (χ2v) is 3.52. The summed E-state index contributed by atoms with van der Waals surface area (Å²) in [6.07, 6.45) is 0. The number of amidine groups is 1. The van der Waals surface area contributed by atoms with Crippen molar-refractivity contribution in [3.63, 3.8) is 0 Å². The van der Waals surface area contributed by atoms with Crippen LogP contribution in [-0.2, 0) is 0 Å². The molecular formula is C11H15N3O3. The van der Waals surface area contributed by atoms with E-state index in [1.807, 2.05) is 0 Å². The van der Waals surface area contributed by atoms with Crippen molar-refractivity contribution >= 4 is 11.7 Å². The first kappa shape index (κ1) is 13.0. The van der Waals surface area contributed by atoms with Crippen LogP contribution in [0.3, 0.4) is 0 Å². The Morgan fingerprint density at radius 1 is 1.47 bits per heavy atom. The van der Waals surface area contributed by atoms with Crippen LogP contribution < -0.4 is 5.73 Å². The molecule has 6 nitrogen and oxygen atoms in total. The van der Waals surface area contributed by atoms with Crippen molar-refractivity contribution in [1.82, 2.24) is 4.90 Å². The zero-order valence-corrected chi connectivity index (χ0v) is 9.50. The van der Waals surface area contributed by atoms with E-state index in [1.54, 1.807) is 25.2 Å². The monoisotopic (exact) mass is 237 g/mol. The molecule has 92 valence electrons. The Bertz CT molecular complexity index is 432. The predicted octanol–water partition coefficient (Wildman–Crippen LogP) is -0.155. The number of nitrogens with two attached hydrogens (primary N) is 1. The lowest BCUT2D eigenvalue weighted by Crippen LogP contribution is -2.29. The Kier molecular flexibility index (Phi) is 4.47. The van der Waals surface area contributed by atoms with Gasteiger partial charge in [-0.2, -0.15) is 0 Å². The number of likely N-dealkylation sites (N-methyl/N-ethyl adjacent to an activating group) is 1. The molecule has 0 unspecified atom stereocenters. The number of aliphatic hydroxyl groups excluding tert-OH is 1. The van der Waals surface area contributed by atoms with Gasteiger partial charge in [0.05, 0.1) is 6.61 Å². The van der Waals surface area contributed by atoms with E-state index >= 15 is 0 Å². The molecule has 0 fully saturated rings. The van der Waals surface area contributed by atoms with E-state index in [2.05, 4.69) is 5.16 Å². The molecule has 0 aromatic heterocycles. The lowest BCUT2D eigenvalue weighted by atomic mass is 10.1. The number of carbonyl (C=O) groups is 1. The van der Waals surface area contributed by atoms with Crippen LogP contribution in [-0.4, -0.2) is 47.2 Å². The Morgan fingerprint density at radius 2 is 2.12 bits per heavy atom. The first-order valence-corrected chi connectivity index (χ1v) is 5.04. The standard InChI is InChI=1S/C11H15N3O3/c1-14(5-6-15)11(16)9-4-2-3-8(7-9)10(12)13-17/h2-4,7,15,17H,5-6H2,1H3,(H2,12,13). The zero-order valence-electron chi connectivity index (χ0n) is 9.50. The molecule has 1 amide bonds. The average Bonchev–Trinajstić information content (AvgIpc) is 2.37. The molecule has 1 aromatic carbocycles. The second kappa shape index (κ2) is 5.86. The van der Waals surface area contributed by atoms with Gasteiger partial charge in [0, 0.05) is 24.7 Å². The van der Waals surface area contributed by atoms with Gasteiger partial charge in [-0.25, -0.2) is 0 Å². The molecule has 0 bridgehead atoms. The van der Waals surface area contributed by atoms with Crippen LogP contribution in [0.1, 0.15) is 15.9 Å². The first-order valence-electron chi connectivity index (χ1n) is 5.04. The Hall–Kier alpha value is -2.08. The van der Waals surface area contributed by atoms with Gasteiger partial charge in [0.15, 0.2) is 5.84 Å². The van der Waals surface area contributed by atoms with E-state index < -0.39 is 0 Å². The maximum Gasteiger partial charge on any atom is 0.253 e. The minimum Gasteiger partial charge on any atom is -0.409 e. The number of hydrogen-bond donors (Lipinski definition) is 3. The Labute approximate surface area is 99.0 Å². The summed E-state index contributed by atoms with van der Waals surface area (Å²) >= 11 is 0. The third-order valence-corrected chi connectivity index (χ3v) is 2.30. The van der Waals surface area contributed by atoms with E-state index in [0.29, 0.717) is 11.1 Å². The first-order chi connectivity index (χ1) is 8.10. The largest absolute Gasteiger partial charge is 0.409 e. The molecule has 0 aliphatic heterocycles. The van der Waals surface area contributed by atoms with Crippen LogP contribution in [0.4, 0.5) is 0 Å². The third-order valence-electron chi connectivity index (χ3n) is 2.30. The molecule has 1 rings (SSSR count). The van der Waals surface area contributed by atoms with Gasteiger partial charge < -0.3 is 20.9 Å². The number of benzene rings is 1. The summed E-state index contributed by atoms with van der Waals surface area (Å²) in [5, 5.41) is 20.2. The van der Waals surface area contributed by atoms with Crippen molar-refractivity contribution in [3.05, 3.63) is 35.4 Å².